The van der Waals surface area contributed by atoms with E-state index in [4.69, 9.17) is 15.3 Å². The average molecular weight is 375 g/mol. The molecule has 26 heavy (non-hydrogen) atoms. The number of nitrogens with one attached hydrogen (secondary N) is 1. The second-order valence-electron chi connectivity index (χ2n) is 6.39. The number of nitrogens with two attached hydrogens (primary N) is 1. The van der Waals surface area contributed by atoms with E-state index in [2.05, 4.69) is 20.2 Å². The lowest BCUT2D eigenvalue weighted by atomic mass is 9.95. The first-order valence-electron chi connectivity index (χ1n) is 8.73. The minimum absolute atomic E-state index is 0.211. The average Bonchev–Trinajstić information content (AvgIpc) is 3.32. The van der Waals surface area contributed by atoms with Gasteiger partial charge in [-0.05, 0) is 31.0 Å². The fourth-order valence-electron chi connectivity index (χ4n) is 3.45. The van der Waals surface area contributed by atoms with Crippen molar-refractivity contribution < 1.29 is 14.3 Å². The first-order chi connectivity index (χ1) is 12.8. The molecule has 1 aliphatic carbocycles. The maximum absolute atomic E-state index is 11.5. The number of hydrogen-bond acceptors (Lipinski definition) is 7. The minimum Gasteiger partial charge on any atom is -0.454 e. The van der Waals surface area contributed by atoms with Gasteiger partial charge in [0.2, 0.25) is 12.7 Å². The number of benzene rings is 1. The van der Waals surface area contributed by atoms with Crippen LogP contribution in [0.4, 0.5) is 0 Å². The Balaban J connectivity index is 1.69. The highest BCUT2D eigenvalue weighted by Gasteiger charge is 2.25. The summed E-state index contributed by atoms with van der Waals surface area (Å²) in [5.74, 6) is 7.42. The number of ether oxygens (including phenoxy) is 2. The normalized spacial score (nSPS) is 16.7. The Hall–Kier alpha value is -2.26. The van der Waals surface area contributed by atoms with Crippen molar-refractivity contribution in [3.8, 4) is 22.9 Å². The van der Waals surface area contributed by atoms with Gasteiger partial charge in [-0.25, -0.2) is 5.84 Å². The Bertz CT molecular complexity index is 804. The molecule has 0 atom stereocenters. The van der Waals surface area contributed by atoms with Gasteiger partial charge in [-0.15, -0.1) is 10.2 Å². The molecular formula is C17H21N5O3S. The molecule has 1 amide bonds. The van der Waals surface area contributed by atoms with E-state index < -0.39 is 0 Å². The molecule has 1 fully saturated rings. The lowest BCUT2D eigenvalue weighted by molar-refractivity contribution is -0.118. The molecule has 4 rings (SSSR count). The first-order valence-corrected chi connectivity index (χ1v) is 9.72. The van der Waals surface area contributed by atoms with Crippen LogP contribution in [0.25, 0.3) is 11.4 Å². The number of aromatic nitrogens is 3. The van der Waals surface area contributed by atoms with Crippen LogP contribution in [0.2, 0.25) is 0 Å². The predicted octanol–water partition coefficient (Wildman–Crippen LogP) is 2.26. The van der Waals surface area contributed by atoms with E-state index in [1.165, 1.54) is 31.0 Å². The smallest absolute Gasteiger partial charge is 0.244 e. The van der Waals surface area contributed by atoms with Gasteiger partial charge in [0, 0.05) is 11.6 Å². The number of hydrazine groups is 1. The third-order valence-electron chi connectivity index (χ3n) is 4.73. The third kappa shape index (κ3) is 3.36. The Morgan fingerprint density at radius 2 is 2.04 bits per heavy atom. The summed E-state index contributed by atoms with van der Waals surface area (Å²) in [5, 5.41) is 9.52. The van der Waals surface area contributed by atoms with Gasteiger partial charge in [-0.3, -0.25) is 14.8 Å². The van der Waals surface area contributed by atoms with Crippen LogP contribution in [-0.4, -0.2) is 33.2 Å². The molecule has 0 spiro atoms. The fourth-order valence-corrected chi connectivity index (χ4v) is 4.26. The van der Waals surface area contributed by atoms with E-state index in [1.54, 1.807) is 0 Å². The zero-order chi connectivity index (χ0) is 17.9. The molecule has 2 aromatic rings. The summed E-state index contributed by atoms with van der Waals surface area (Å²) in [6.45, 7) is 0.239. The Labute approximate surface area is 155 Å². The number of carbonyl (C=O) groups excluding carboxylic acids is 1. The summed E-state index contributed by atoms with van der Waals surface area (Å²) in [6.07, 6.45) is 5.82. The quantitative estimate of drug-likeness (QED) is 0.357. The maximum Gasteiger partial charge on any atom is 0.244 e. The van der Waals surface area contributed by atoms with Gasteiger partial charge in [0.05, 0.1) is 5.75 Å². The predicted molar refractivity (Wildman–Crippen MR) is 96.8 cm³/mol. The number of amides is 1. The molecule has 0 bridgehead atoms. The van der Waals surface area contributed by atoms with Crippen LogP contribution in [0, 0.1) is 0 Å². The SMILES string of the molecule is NNC(=O)CSc1nnc(-c2ccc3c(c2)OCO3)n1C1CCCCC1. The molecule has 1 aromatic heterocycles. The Kier molecular flexibility index (Phi) is 4.98. The van der Waals surface area contributed by atoms with Crippen LogP contribution in [0.3, 0.4) is 0 Å². The largest absolute Gasteiger partial charge is 0.454 e. The standard InChI is InChI=1S/C17H21N5O3S/c18-19-15(23)9-26-17-21-20-16(22(17)12-4-2-1-3-5-12)11-6-7-13-14(8-11)25-10-24-13/h6-8,12H,1-5,9-10,18H2,(H,19,23). The summed E-state index contributed by atoms with van der Waals surface area (Å²) >= 11 is 1.36. The highest BCUT2D eigenvalue weighted by molar-refractivity contribution is 7.99. The molecule has 1 saturated carbocycles. The lowest BCUT2D eigenvalue weighted by Gasteiger charge is -2.25. The second kappa shape index (κ2) is 7.55. The zero-order valence-electron chi connectivity index (χ0n) is 14.3. The number of nitrogens with zero attached hydrogens (tertiary/aromatic N) is 3. The van der Waals surface area contributed by atoms with Crippen molar-refractivity contribution in [1.29, 1.82) is 0 Å². The molecule has 8 nitrogen and oxygen atoms in total. The molecular weight excluding hydrogens is 354 g/mol. The summed E-state index contributed by atoms with van der Waals surface area (Å²) in [6, 6.07) is 6.14. The van der Waals surface area contributed by atoms with Crippen LogP contribution in [0.15, 0.2) is 23.4 Å². The van der Waals surface area contributed by atoms with Gasteiger partial charge in [0.25, 0.3) is 0 Å². The number of rotatable bonds is 5. The molecule has 1 aliphatic heterocycles. The Morgan fingerprint density at radius 3 is 2.85 bits per heavy atom. The zero-order valence-corrected chi connectivity index (χ0v) is 15.1. The molecule has 1 aromatic carbocycles. The number of carbonyl (C=O) groups is 1. The highest BCUT2D eigenvalue weighted by atomic mass is 32.2. The molecule has 138 valence electrons. The Morgan fingerprint density at radius 1 is 1.23 bits per heavy atom. The van der Waals surface area contributed by atoms with E-state index >= 15 is 0 Å². The van der Waals surface area contributed by atoms with Crippen molar-refractivity contribution in [2.75, 3.05) is 12.5 Å². The lowest BCUT2D eigenvalue weighted by Crippen LogP contribution is -2.31. The van der Waals surface area contributed by atoms with Crippen molar-refractivity contribution in [2.24, 2.45) is 5.84 Å². The number of fused-ring (bicyclic) bond motifs is 1. The van der Waals surface area contributed by atoms with Crippen molar-refractivity contribution in [3.05, 3.63) is 18.2 Å². The molecule has 0 saturated heterocycles. The van der Waals surface area contributed by atoms with Gasteiger partial charge in [0.1, 0.15) is 0 Å². The molecule has 0 unspecified atom stereocenters. The van der Waals surface area contributed by atoms with E-state index in [1.807, 2.05) is 18.2 Å². The summed E-state index contributed by atoms with van der Waals surface area (Å²) in [4.78, 5) is 11.5. The van der Waals surface area contributed by atoms with Crippen LogP contribution >= 0.6 is 11.8 Å². The van der Waals surface area contributed by atoms with E-state index in [-0.39, 0.29) is 18.5 Å². The first kappa shape index (κ1) is 17.2. The third-order valence-corrected chi connectivity index (χ3v) is 5.67. The van der Waals surface area contributed by atoms with Crippen molar-refractivity contribution in [1.82, 2.24) is 20.2 Å². The summed E-state index contributed by atoms with van der Waals surface area (Å²) in [7, 11) is 0. The van der Waals surface area contributed by atoms with Gasteiger partial charge < -0.3 is 9.47 Å². The van der Waals surface area contributed by atoms with Crippen LogP contribution in [0.1, 0.15) is 38.1 Å². The van der Waals surface area contributed by atoms with Gasteiger partial charge in [-0.2, -0.15) is 0 Å². The summed E-state index contributed by atoms with van der Waals surface area (Å²) in [5.41, 5.74) is 3.09. The molecule has 9 heteroatoms. The van der Waals surface area contributed by atoms with Crippen LogP contribution in [0.5, 0.6) is 11.5 Å². The van der Waals surface area contributed by atoms with Crippen molar-refractivity contribution in [3.63, 3.8) is 0 Å². The van der Waals surface area contributed by atoms with E-state index in [0.29, 0.717) is 6.04 Å². The monoisotopic (exact) mass is 375 g/mol. The fraction of sp³-hybridized carbons (Fsp3) is 0.471. The van der Waals surface area contributed by atoms with Crippen LogP contribution < -0.4 is 20.7 Å². The maximum atomic E-state index is 11.5. The van der Waals surface area contributed by atoms with Gasteiger partial charge in [-0.1, -0.05) is 31.0 Å². The number of thioether (sulfide) groups is 1. The number of hydrogen-bond donors (Lipinski definition) is 2. The van der Waals surface area contributed by atoms with Gasteiger partial charge >= 0.3 is 0 Å². The minimum atomic E-state index is -0.238. The van der Waals surface area contributed by atoms with Crippen molar-refractivity contribution >= 4 is 17.7 Å². The topological polar surface area (TPSA) is 104 Å². The summed E-state index contributed by atoms with van der Waals surface area (Å²) < 4.78 is 13.1. The van der Waals surface area contributed by atoms with Crippen LogP contribution in [-0.2, 0) is 4.79 Å². The highest BCUT2D eigenvalue weighted by Crippen LogP contribution is 2.39. The second-order valence-corrected chi connectivity index (χ2v) is 7.33. The van der Waals surface area contributed by atoms with Gasteiger partial charge in [0.15, 0.2) is 22.5 Å². The van der Waals surface area contributed by atoms with Crippen molar-refractivity contribution in [2.45, 2.75) is 43.3 Å². The molecule has 0 radical (unpaired) electrons. The molecule has 3 N–H and O–H groups in total. The molecule has 2 heterocycles. The molecule has 2 aliphatic rings. The van der Waals surface area contributed by atoms with E-state index in [0.717, 1.165) is 40.9 Å². The van der Waals surface area contributed by atoms with E-state index in [9.17, 15) is 4.79 Å².